The fourth-order valence-electron chi connectivity index (χ4n) is 1.72. The van der Waals surface area contributed by atoms with Crippen molar-refractivity contribution >= 4 is 11.6 Å². The average molecular weight is 311 g/mol. The van der Waals surface area contributed by atoms with E-state index in [2.05, 4.69) is 0 Å². The smallest absolute Gasteiger partial charge is 0.389 e. The van der Waals surface area contributed by atoms with Crippen LogP contribution in [0.15, 0.2) is 18.2 Å². The highest BCUT2D eigenvalue weighted by Crippen LogP contribution is 2.36. The molecule has 0 saturated carbocycles. The number of halogens is 4. The van der Waals surface area contributed by atoms with Crippen molar-refractivity contribution in [1.82, 2.24) is 0 Å². The van der Waals surface area contributed by atoms with E-state index in [0.717, 1.165) is 0 Å². The van der Waals surface area contributed by atoms with Gasteiger partial charge in [-0.05, 0) is 38.0 Å². The van der Waals surface area contributed by atoms with Crippen molar-refractivity contribution in [2.45, 2.75) is 38.2 Å². The van der Waals surface area contributed by atoms with Crippen molar-refractivity contribution < 1.29 is 22.6 Å². The fourth-order valence-corrected chi connectivity index (χ4v) is 1.96. The zero-order chi connectivity index (χ0) is 15.2. The number of ether oxygens (including phenoxy) is 2. The van der Waals surface area contributed by atoms with Crippen LogP contribution in [0.4, 0.5) is 13.2 Å². The second kappa shape index (κ2) is 7.62. The summed E-state index contributed by atoms with van der Waals surface area (Å²) in [6.45, 7) is 4.60. The van der Waals surface area contributed by atoms with Crippen LogP contribution in [0.1, 0.15) is 37.6 Å². The lowest BCUT2D eigenvalue weighted by molar-refractivity contribution is -0.135. The molecule has 0 radical (unpaired) electrons. The van der Waals surface area contributed by atoms with Crippen LogP contribution in [0.25, 0.3) is 0 Å². The van der Waals surface area contributed by atoms with Gasteiger partial charge in [0.2, 0.25) is 0 Å². The van der Waals surface area contributed by atoms with Crippen molar-refractivity contribution in [2.75, 3.05) is 13.2 Å². The Kier molecular flexibility index (Phi) is 6.46. The Balaban J connectivity index is 2.82. The Morgan fingerprint density at radius 3 is 2.25 bits per heavy atom. The number of benzene rings is 1. The molecule has 1 aromatic rings. The predicted octanol–water partition coefficient (Wildman–Crippen LogP) is 5.11. The van der Waals surface area contributed by atoms with Gasteiger partial charge in [0.05, 0.1) is 18.6 Å². The number of rotatable bonds is 7. The molecule has 1 aromatic carbocycles. The van der Waals surface area contributed by atoms with Crippen molar-refractivity contribution in [3.63, 3.8) is 0 Å². The molecule has 0 amide bonds. The van der Waals surface area contributed by atoms with E-state index < -0.39 is 18.0 Å². The van der Waals surface area contributed by atoms with Gasteiger partial charge in [-0.15, -0.1) is 11.6 Å². The third kappa shape index (κ3) is 5.49. The van der Waals surface area contributed by atoms with Crippen LogP contribution in [0, 0.1) is 0 Å². The molecule has 1 atom stereocenters. The van der Waals surface area contributed by atoms with Crippen LogP contribution >= 0.6 is 11.6 Å². The molecule has 0 aliphatic rings. The van der Waals surface area contributed by atoms with Gasteiger partial charge in [0.25, 0.3) is 0 Å². The van der Waals surface area contributed by atoms with Crippen molar-refractivity contribution in [2.24, 2.45) is 0 Å². The van der Waals surface area contributed by atoms with E-state index in [1.807, 2.05) is 13.8 Å². The SMILES string of the molecule is CCOc1ccc(C(Cl)CCC(F)(F)F)cc1OCC. The molecule has 0 aliphatic carbocycles. The van der Waals surface area contributed by atoms with Gasteiger partial charge in [-0.2, -0.15) is 13.2 Å². The molecule has 0 aliphatic heterocycles. The van der Waals surface area contributed by atoms with Gasteiger partial charge in [0, 0.05) is 6.42 Å². The first-order chi connectivity index (χ1) is 9.37. The van der Waals surface area contributed by atoms with Gasteiger partial charge in [-0.25, -0.2) is 0 Å². The fraction of sp³-hybridized carbons (Fsp3) is 0.571. The van der Waals surface area contributed by atoms with E-state index in [9.17, 15) is 13.2 Å². The molecule has 0 bridgehead atoms. The van der Waals surface area contributed by atoms with Gasteiger partial charge in [-0.1, -0.05) is 6.07 Å². The van der Waals surface area contributed by atoms with Crippen LogP contribution in [-0.4, -0.2) is 19.4 Å². The van der Waals surface area contributed by atoms with Gasteiger partial charge < -0.3 is 9.47 Å². The van der Waals surface area contributed by atoms with Crippen LogP contribution in [0.3, 0.4) is 0 Å². The molecule has 2 nitrogen and oxygen atoms in total. The van der Waals surface area contributed by atoms with E-state index in [-0.39, 0.29) is 6.42 Å². The predicted molar refractivity (Wildman–Crippen MR) is 72.7 cm³/mol. The molecule has 6 heteroatoms. The van der Waals surface area contributed by atoms with E-state index in [4.69, 9.17) is 21.1 Å². The molecular weight excluding hydrogens is 293 g/mol. The van der Waals surface area contributed by atoms with Crippen molar-refractivity contribution in [3.05, 3.63) is 23.8 Å². The monoisotopic (exact) mass is 310 g/mol. The summed E-state index contributed by atoms with van der Waals surface area (Å²) in [6.07, 6.45) is -5.26. The highest BCUT2D eigenvalue weighted by atomic mass is 35.5. The van der Waals surface area contributed by atoms with Crippen molar-refractivity contribution in [1.29, 1.82) is 0 Å². The molecule has 1 unspecified atom stereocenters. The Morgan fingerprint density at radius 2 is 1.70 bits per heavy atom. The molecule has 20 heavy (non-hydrogen) atoms. The minimum atomic E-state index is -4.19. The molecule has 0 aromatic heterocycles. The van der Waals surface area contributed by atoms with Crippen LogP contribution in [0.2, 0.25) is 0 Å². The molecule has 0 saturated heterocycles. The van der Waals surface area contributed by atoms with E-state index in [1.165, 1.54) is 0 Å². The van der Waals surface area contributed by atoms with Crippen LogP contribution in [0.5, 0.6) is 11.5 Å². The van der Waals surface area contributed by atoms with Gasteiger partial charge in [0.15, 0.2) is 11.5 Å². The minimum absolute atomic E-state index is 0.162. The zero-order valence-electron chi connectivity index (χ0n) is 11.5. The summed E-state index contributed by atoms with van der Waals surface area (Å²) in [5.74, 6) is 1.07. The average Bonchev–Trinajstić information content (AvgIpc) is 2.37. The van der Waals surface area contributed by atoms with Gasteiger partial charge in [0.1, 0.15) is 0 Å². The quantitative estimate of drug-likeness (QED) is 0.652. The van der Waals surface area contributed by atoms with Crippen LogP contribution in [-0.2, 0) is 0 Å². The first-order valence-corrected chi connectivity index (χ1v) is 6.91. The molecular formula is C14H18ClF3O2. The summed E-state index contributed by atoms with van der Waals surface area (Å²) >= 11 is 6.02. The van der Waals surface area contributed by atoms with E-state index in [1.54, 1.807) is 18.2 Å². The first kappa shape index (κ1) is 17.0. The van der Waals surface area contributed by atoms with E-state index in [0.29, 0.717) is 30.3 Å². The molecule has 1 rings (SSSR count). The maximum Gasteiger partial charge on any atom is 0.389 e. The molecule has 0 fully saturated rings. The summed E-state index contributed by atoms with van der Waals surface area (Å²) < 4.78 is 47.4. The van der Waals surface area contributed by atoms with Crippen LogP contribution < -0.4 is 9.47 Å². The second-order valence-corrected chi connectivity index (χ2v) is 4.72. The largest absolute Gasteiger partial charge is 0.490 e. The highest BCUT2D eigenvalue weighted by Gasteiger charge is 2.28. The standard InChI is InChI=1S/C14H18ClF3O2/c1-3-19-12-6-5-10(9-13(12)20-4-2)11(15)7-8-14(16,17)18/h5-6,9,11H,3-4,7-8H2,1-2H3. The molecule has 114 valence electrons. The number of hydrogen-bond donors (Lipinski definition) is 0. The minimum Gasteiger partial charge on any atom is -0.490 e. The summed E-state index contributed by atoms with van der Waals surface area (Å²) in [7, 11) is 0. The lowest BCUT2D eigenvalue weighted by Crippen LogP contribution is -2.08. The summed E-state index contributed by atoms with van der Waals surface area (Å²) in [4.78, 5) is 0. The second-order valence-electron chi connectivity index (χ2n) is 4.19. The Labute approximate surface area is 121 Å². The third-order valence-corrected chi connectivity index (χ3v) is 3.08. The van der Waals surface area contributed by atoms with Gasteiger partial charge in [-0.3, -0.25) is 0 Å². The summed E-state index contributed by atoms with van der Waals surface area (Å²) in [6, 6.07) is 4.98. The maximum absolute atomic E-state index is 12.2. The summed E-state index contributed by atoms with van der Waals surface area (Å²) in [5, 5.41) is -0.702. The van der Waals surface area contributed by atoms with Crippen molar-refractivity contribution in [3.8, 4) is 11.5 Å². The number of alkyl halides is 4. The lowest BCUT2D eigenvalue weighted by atomic mass is 10.1. The topological polar surface area (TPSA) is 18.5 Å². The maximum atomic E-state index is 12.2. The molecule has 0 heterocycles. The third-order valence-electron chi connectivity index (χ3n) is 2.61. The molecule has 0 spiro atoms. The van der Waals surface area contributed by atoms with E-state index >= 15 is 0 Å². The van der Waals surface area contributed by atoms with Gasteiger partial charge >= 0.3 is 6.18 Å². The summed E-state index contributed by atoms with van der Waals surface area (Å²) in [5.41, 5.74) is 0.600. The Morgan fingerprint density at radius 1 is 1.10 bits per heavy atom. The normalized spacial score (nSPS) is 13.1. The number of hydrogen-bond acceptors (Lipinski definition) is 2. The zero-order valence-corrected chi connectivity index (χ0v) is 12.2. The Bertz CT molecular complexity index is 421. The molecule has 0 N–H and O–H groups in total. The Hall–Kier alpha value is -1.10. The first-order valence-electron chi connectivity index (χ1n) is 6.47. The lowest BCUT2D eigenvalue weighted by Gasteiger charge is -2.15. The highest BCUT2D eigenvalue weighted by molar-refractivity contribution is 6.20.